The third-order valence-electron chi connectivity index (χ3n) is 0.910. The van der Waals surface area contributed by atoms with E-state index >= 15 is 0 Å². The first-order valence-electron chi connectivity index (χ1n) is 3.14. The molecule has 0 aliphatic heterocycles. The maximum Gasteiger partial charge on any atom is 0.255 e. The third kappa shape index (κ3) is 5.00. The number of ether oxygens (including phenoxy) is 1. The molecule has 0 aromatic carbocycles. The molecule has 0 aliphatic rings. The second-order valence-electron chi connectivity index (χ2n) is 1.79. The molecule has 0 saturated heterocycles. The standard InChI is InChI=1S/C8H11NO2/c1-3-5-7(4-2)11-6-8(9)10/h4-5H,1,6H2,2H3,(H2,9,10)/b7-4+. The summed E-state index contributed by atoms with van der Waals surface area (Å²) in [5.41, 5.74) is 7.37. The van der Waals surface area contributed by atoms with Gasteiger partial charge in [0.1, 0.15) is 5.76 Å². The molecular weight excluding hydrogens is 142 g/mol. The Hall–Kier alpha value is -1.47. The van der Waals surface area contributed by atoms with Crippen molar-refractivity contribution in [2.24, 2.45) is 5.73 Å². The second-order valence-corrected chi connectivity index (χ2v) is 1.79. The van der Waals surface area contributed by atoms with Crippen molar-refractivity contribution >= 4 is 5.91 Å². The highest BCUT2D eigenvalue weighted by Gasteiger charge is 1.94. The summed E-state index contributed by atoms with van der Waals surface area (Å²) in [5.74, 6) is 0.0422. The van der Waals surface area contributed by atoms with Crippen LogP contribution in [0.25, 0.3) is 0 Å². The zero-order valence-corrected chi connectivity index (χ0v) is 6.46. The first kappa shape index (κ1) is 9.53. The van der Waals surface area contributed by atoms with Gasteiger partial charge in [0, 0.05) is 6.08 Å². The normalized spacial score (nSPS) is 10.1. The summed E-state index contributed by atoms with van der Waals surface area (Å²) in [6.45, 7) is 5.03. The predicted molar refractivity (Wildman–Crippen MR) is 42.6 cm³/mol. The second kappa shape index (κ2) is 5.33. The maximum atomic E-state index is 10.2. The van der Waals surface area contributed by atoms with Crippen molar-refractivity contribution in [3.63, 3.8) is 0 Å². The molecule has 0 radical (unpaired) electrons. The highest BCUT2D eigenvalue weighted by molar-refractivity contribution is 5.75. The fourth-order valence-corrected chi connectivity index (χ4v) is 0.463. The maximum absolute atomic E-state index is 10.2. The lowest BCUT2D eigenvalue weighted by atomic mass is 10.4. The molecular formula is C8H11NO2. The third-order valence-corrected chi connectivity index (χ3v) is 0.910. The SMILES string of the molecule is C=C=C/C(=C\C)OCC(N)=O. The van der Waals surface area contributed by atoms with E-state index < -0.39 is 5.91 Å². The minimum atomic E-state index is -0.498. The zero-order valence-electron chi connectivity index (χ0n) is 6.46. The van der Waals surface area contributed by atoms with E-state index in [0.29, 0.717) is 5.76 Å². The number of carbonyl (C=O) groups excluding carboxylic acids is 1. The first-order chi connectivity index (χ1) is 5.20. The topological polar surface area (TPSA) is 52.3 Å². The smallest absolute Gasteiger partial charge is 0.255 e. The van der Waals surface area contributed by atoms with E-state index in [1.165, 1.54) is 6.08 Å². The van der Waals surface area contributed by atoms with Crippen LogP contribution in [-0.2, 0) is 9.53 Å². The van der Waals surface area contributed by atoms with E-state index in [2.05, 4.69) is 12.3 Å². The van der Waals surface area contributed by atoms with Gasteiger partial charge in [0.2, 0.25) is 0 Å². The van der Waals surface area contributed by atoms with Crippen LogP contribution in [-0.4, -0.2) is 12.5 Å². The van der Waals surface area contributed by atoms with E-state index in [4.69, 9.17) is 10.5 Å². The van der Waals surface area contributed by atoms with Crippen molar-refractivity contribution in [3.8, 4) is 0 Å². The fourth-order valence-electron chi connectivity index (χ4n) is 0.463. The van der Waals surface area contributed by atoms with Gasteiger partial charge in [-0.15, -0.1) is 5.73 Å². The van der Waals surface area contributed by atoms with E-state index in [-0.39, 0.29) is 6.61 Å². The van der Waals surface area contributed by atoms with Crippen LogP contribution in [0.2, 0.25) is 0 Å². The van der Waals surface area contributed by atoms with Crippen LogP contribution in [0.4, 0.5) is 0 Å². The summed E-state index contributed by atoms with van der Waals surface area (Å²) in [6.07, 6.45) is 3.23. The van der Waals surface area contributed by atoms with Gasteiger partial charge in [-0.2, -0.15) is 0 Å². The van der Waals surface area contributed by atoms with Crippen LogP contribution < -0.4 is 5.73 Å². The van der Waals surface area contributed by atoms with E-state index in [9.17, 15) is 4.79 Å². The molecule has 3 heteroatoms. The van der Waals surface area contributed by atoms with Gasteiger partial charge in [-0.1, -0.05) is 6.58 Å². The molecule has 3 nitrogen and oxygen atoms in total. The molecule has 0 atom stereocenters. The van der Waals surface area contributed by atoms with Crippen LogP contribution in [0.5, 0.6) is 0 Å². The number of rotatable bonds is 4. The number of primary amides is 1. The summed E-state index contributed by atoms with van der Waals surface area (Å²) in [4.78, 5) is 10.2. The predicted octanol–water partition coefficient (Wildman–Crippen LogP) is 0.733. The molecule has 11 heavy (non-hydrogen) atoms. The quantitative estimate of drug-likeness (QED) is 0.368. The Morgan fingerprint density at radius 1 is 1.82 bits per heavy atom. The number of carbonyl (C=O) groups is 1. The minimum absolute atomic E-state index is 0.113. The number of hydrogen-bond donors (Lipinski definition) is 1. The molecule has 0 spiro atoms. The molecule has 0 saturated carbocycles. The van der Waals surface area contributed by atoms with Crippen LogP contribution in [0.3, 0.4) is 0 Å². The van der Waals surface area contributed by atoms with Gasteiger partial charge in [-0.25, -0.2) is 0 Å². The van der Waals surface area contributed by atoms with Gasteiger partial charge >= 0.3 is 0 Å². The Bertz CT molecular complexity index is 212. The first-order valence-corrected chi connectivity index (χ1v) is 3.14. The van der Waals surface area contributed by atoms with Crippen LogP contribution in [0.15, 0.2) is 30.2 Å². The van der Waals surface area contributed by atoms with Gasteiger partial charge in [0.25, 0.3) is 5.91 Å². The van der Waals surface area contributed by atoms with Crippen molar-refractivity contribution < 1.29 is 9.53 Å². The van der Waals surface area contributed by atoms with Crippen LogP contribution in [0, 0.1) is 0 Å². The van der Waals surface area contributed by atoms with Gasteiger partial charge in [-0.3, -0.25) is 4.79 Å². The van der Waals surface area contributed by atoms with Gasteiger partial charge < -0.3 is 10.5 Å². The van der Waals surface area contributed by atoms with E-state index in [1.807, 2.05) is 0 Å². The molecule has 0 fully saturated rings. The summed E-state index contributed by atoms with van der Waals surface area (Å²) < 4.78 is 4.92. The summed E-state index contributed by atoms with van der Waals surface area (Å²) in [5, 5.41) is 0. The van der Waals surface area contributed by atoms with Gasteiger partial charge in [0.15, 0.2) is 6.61 Å². The Balaban J connectivity index is 3.91. The van der Waals surface area contributed by atoms with Gasteiger partial charge in [-0.05, 0) is 13.0 Å². The number of hydrogen-bond acceptors (Lipinski definition) is 2. The minimum Gasteiger partial charge on any atom is -0.483 e. The number of allylic oxidation sites excluding steroid dienone is 2. The monoisotopic (exact) mass is 153 g/mol. The highest BCUT2D eigenvalue weighted by Crippen LogP contribution is 1.96. The van der Waals surface area contributed by atoms with Crippen LogP contribution >= 0.6 is 0 Å². The van der Waals surface area contributed by atoms with Crippen molar-refractivity contribution in [2.75, 3.05) is 6.61 Å². The Morgan fingerprint density at radius 2 is 2.45 bits per heavy atom. The molecule has 0 rings (SSSR count). The molecule has 0 aromatic rings. The summed E-state index contributed by atoms with van der Waals surface area (Å²) in [6, 6.07) is 0. The lowest BCUT2D eigenvalue weighted by molar-refractivity contribution is -0.121. The van der Waals surface area contributed by atoms with Crippen molar-refractivity contribution in [1.82, 2.24) is 0 Å². The largest absolute Gasteiger partial charge is 0.483 e. The lowest BCUT2D eigenvalue weighted by Gasteiger charge is -2.01. The Morgan fingerprint density at radius 3 is 2.82 bits per heavy atom. The highest BCUT2D eigenvalue weighted by atomic mass is 16.5. The number of nitrogens with two attached hydrogens (primary N) is 1. The zero-order chi connectivity index (χ0) is 8.69. The van der Waals surface area contributed by atoms with Crippen molar-refractivity contribution in [2.45, 2.75) is 6.92 Å². The molecule has 2 N–H and O–H groups in total. The average Bonchev–Trinajstić information content (AvgIpc) is 1.97. The summed E-state index contributed by atoms with van der Waals surface area (Å²) in [7, 11) is 0. The Labute approximate surface area is 65.8 Å². The molecule has 0 aliphatic carbocycles. The van der Waals surface area contributed by atoms with E-state index in [0.717, 1.165) is 0 Å². The molecule has 0 aromatic heterocycles. The molecule has 60 valence electrons. The molecule has 0 unspecified atom stereocenters. The fraction of sp³-hybridized carbons (Fsp3) is 0.250. The number of amides is 1. The lowest BCUT2D eigenvalue weighted by Crippen LogP contribution is -2.17. The van der Waals surface area contributed by atoms with Crippen molar-refractivity contribution in [3.05, 3.63) is 30.2 Å². The van der Waals surface area contributed by atoms with Crippen molar-refractivity contribution in [1.29, 1.82) is 0 Å². The average molecular weight is 153 g/mol. The van der Waals surface area contributed by atoms with Gasteiger partial charge in [0.05, 0.1) is 0 Å². The molecule has 0 heterocycles. The molecule has 1 amide bonds. The van der Waals surface area contributed by atoms with Crippen LogP contribution in [0.1, 0.15) is 6.92 Å². The van der Waals surface area contributed by atoms with E-state index in [1.54, 1.807) is 13.0 Å². The molecule has 0 bridgehead atoms. The summed E-state index contributed by atoms with van der Waals surface area (Å²) >= 11 is 0. The Kier molecular flexibility index (Phi) is 4.61.